The fraction of sp³-hybridized carbons (Fsp3) is 0.0435. The Kier molecular flexibility index (Phi) is 4.72. The Morgan fingerprint density at radius 2 is 1.71 bits per heavy atom. The van der Waals surface area contributed by atoms with Gasteiger partial charge in [0, 0.05) is 16.7 Å². The van der Waals surface area contributed by atoms with E-state index in [2.05, 4.69) is 0 Å². The number of ether oxygens (including phenoxy) is 1. The maximum atomic E-state index is 12.6. The molecule has 0 unspecified atom stereocenters. The largest absolute Gasteiger partial charge is 0.456 e. The molecule has 0 saturated carbocycles. The van der Waals surface area contributed by atoms with E-state index in [1.165, 1.54) is 12.1 Å². The van der Waals surface area contributed by atoms with Gasteiger partial charge in [0.15, 0.2) is 5.43 Å². The minimum Gasteiger partial charge on any atom is -0.456 e. The first-order valence-corrected chi connectivity index (χ1v) is 9.01. The lowest BCUT2D eigenvalue weighted by molar-refractivity contribution is 0.0734. The molecule has 0 spiro atoms. The molecular formula is C23H15ClO4. The zero-order valence-electron chi connectivity index (χ0n) is 14.9. The van der Waals surface area contributed by atoms with Crippen LogP contribution in [0.5, 0.6) is 5.75 Å². The molecule has 0 radical (unpaired) electrons. The van der Waals surface area contributed by atoms with E-state index >= 15 is 0 Å². The molecule has 0 aliphatic rings. The molecule has 0 fully saturated rings. The zero-order valence-corrected chi connectivity index (χ0v) is 15.7. The fourth-order valence-electron chi connectivity index (χ4n) is 2.92. The van der Waals surface area contributed by atoms with Crippen molar-refractivity contribution in [3.05, 3.63) is 99.2 Å². The van der Waals surface area contributed by atoms with Crippen molar-refractivity contribution >= 4 is 28.5 Å². The van der Waals surface area contributed by atoms with Gasteiger partial charge >= 0.3 is 5.97 Å². The molecule has 0 aliphatic heterocycles. The molecule has 1 aromatic heterocycles. The van der Waals surface area contributed by atoms with Crippen LogP contribution < -0.4 is 10.2 Å². The Bertz CT molecular complexity index is 1240. The number of fused-ring (bicyclic) bond motifs is 1. The number of aryl methyl sites for hydroxylation is 1. The summed E-state index contributed by atoms with van der Waals surface area (Å²) in [5.74, 6) is 0.255. The second kappa shape index (κ2) is 7.33. The monoisotopic (exact) mass is 390 g/mol. The molecule has 0 N–H and O–H groups in total. The topological polar surface area (TPSA) is 56.5 Å². The number of hydrogen-bond donors (Lipinski definition) is 0. The van der Waals surface area contributed by atoms with Gasteiger partial charge in [0.25, 0.3) is 0 Å². The van der Waals surface area contributed by atoms with Gasteiger partial charge < -0.3 is 9.15 Å². The average molecular weight is 391 g/mol. The van der Waals surface area contributed by atoms with Crippen molar-refractivity contribution in [2.45, 2.75) is 6.92 Å². The first-order valence-electron chi connectivity index (χ1n) is 8.63. The lowest BCUT2D eigenvalue weighted by atomic mass is 10.1. The van der Waals surface area contributed by atoms with Gasteiger partial charge in [-0.25, -0.2) is 4.79 Å². The van der Waals surface area contributed by atoms with Crippen molar-refractivity contribution in [2.24, 2.45) is 0 Å². The number of hydrogen-bond acceptors (Lipinski definition) is 4. The van der Waals surface area contributed by atoms with Gasteiger partial charge in [0.2, 0.25) is 0 Å². The van der Waals surface area contributed by atoms with Crippen molar-refractivity contribution in [3.63, 3.8) is 0 Å². The molecule has 5 heteroatoms. The minimum absolute atomic E-state index is 0.222. The fourth-order valence-corrected chi connectivity index (χ4v) is 3.05. The van der Waals surface area contributed by atoms with Gasteiger partial charge in [0.1, 0.15) is 17.1 Å². The molecular weight excluding hydrogens is 376 g/mol. The summed E-state index contributed by atoms with van der Waals surface area (Å²) in [6.45, 7) is 1.84. The highest BCUT2D eigenvalue weighted by atomic mass is 35.5. The third-order valence-electron chi connectivity index (χ3n) is 4.40. The Balaban J connectivity index is 1.68. The zero-order chi connectivity index (χ0) is 19.7. The third-order valence-corrected chi connectivity index (χ3v) is 4.65. The maximum absolute atomic E-state index is 12.6. The first-order chi connectivity index (χ1) is 13.5. The highest BCUT2D eigenvalue weighted by molar-refractivity contribution is 6.30. The van der Waals surface area contributed by atoms with Crippen molar-refractivity contribution in [1.82, 2.24) is 0 Å². The number of carbonyl (C=O) groups excluding carboxylic acids is 1. The van der Waals surface area contributed by atoms with Crippen LogP contribution in [0.2, 0.25) is 5.02 Å². The first kappa shape index (κ1) is 18.0. The average Bonchev–Trinajstić information content (AvgIpc) is 2.69. The molecule has 4 nitrogen and oxygen atoms in total. The Labute approximate surface area is 166 Å². The summed E-state index contributed by atoms with van der Waals surface area (Å²) in [5, 5.41) is 0.944. The van der Waals surface area contributed by atoms with Crippen LogP contribution in [0.1, 0.15) is 15.9 Å². The molecule has 0 saturated heterocycles. The predicted octanol–water partition coefficient (Wildman–Crippen LogP) is 5.64. The van der Waals surface area contributed by atoms with Crippen LogP contribution in [-0.2, 0) is 0 Å². The van der Waals surface area contributed by atoms with E-state index in [0.717, 1.165) is 11.1 Å². The molecule has 0 bridgehead atoms. The van der Waals surface area contributed by atoms with Gasteiger partial charge in [0.05, 0.1) is 10.9 Å². The van der Waals surface area contributed by atoms with Gasteiger partial charge in [-0.05, 0) is 61.0 Å². The standard InChI is InChI=1S/C23H15ClO4/c1-14-4-2-3-5-18(14)23(26)27-17-10-11-21-19(12-17)20(25)13-22(28-21)15-6-8-16(24)9-7-15/h2-13H,1H3. The SMILES string of the molecule is Cc1ccccc1C(=O)Oc1ccc2oc(-c3ccc(Cl)cc3)cc(=O)c2c1. The normalized spacial score (nSPS) is 10.8. The van der Waals surface area contributed by atoms with Gasteiger partial charge in [-0.1, -0.05) is 29.8 Å². The van der Waals surface area contributed by atoms with Crippen LogP contribution in [0.25, 0.3) is 22.3 Å². The van der Waals surface area contributed by atoms with Crippen molar-refractivity contribution in [2.75, 3.05) is 0 Å². The van der Waals surface area contributed by atoms with E-state index in [1.807, 2.05) is 19.1 Å². The summed E-state index contributed by atoms with van der Waals surface area (Å²) in [6, 6.07) is 20.4. The Morgan fingerprint density at radius 1 is 0.964 bits per heavy atom. The van der Waals surface area contributed by atoms with Crippen LogP contribution in [0.15, 0.2) is 82.0 Å². The number of carbonyl (C=O) groups is 1. The number of rotatable bonds is 3. The minimum atomic E-state index is -0.473. The van der Waals surface area contributed by atoms with E-state index in [9.17, 15) is 9.59 Å². The molecule has 1 heterocycles. The molecule has 0 aliphatic carbocycles. The second-order valence-electron chi connectivity index (χ2n) is 6.34. The number of benzene rings is 3. The number of esters is 1. The Hall–Kier alpha value is -3.37. The van der Waals surface area contributed by atoms with Crippen molar-refractivity contribution in [3.8, 4) is 17.1 Å². The van der Waals surface area contributed by atoms with Gasteiger partial charge in [-0.2, -0.15) is 0 Å². The van der Waals surface area contributed by atoms with Crippen molar-refractivity contribution < 1.29 is 13.9 Å². The summed E-state index contributed by atoms with van der Waals surface area (Å²) in [5.41, 5.74) is 2.24. The van der Waals surface area contributed by atoms with Gasteiger partial charge in [-0.3, -0.25) is 4.79 Å². The summed E-state index contributed by atoms with van der Waals surface area (Å²) in [7, 11) is 0. The quantitative estimate of drug-likeness (QED) is 0.335. The molecule has 0 amide bonds. The van der Waals surface area contributed by atoms with Gasteiger partial charge in [-0.15, -0.1) is 0 Å². The molecule has 138 valence electrons. The third kappa shape index (κ3) is 3.55. The second-order valence-corrected chi connectivity index (χ2v) is 6.78. The lowest BCUT2D eigenvalue weighted by Crippen LogP contribution is -2.10. The summed E-state index contributed by atoms with van der Waals surface area (Å²) in [6.07, 6.45) is 0. The van der Waals surface area contributed by atoms with Crippen LogP contribution in [0, 0.1) is 6.92 Å². The van der Waals surface area contributed by atoms with E-state index in [0.29, 0.717) is 27.3 Å². The van der Waals surface area contributed by atoms with Crippen molar-refractivity contribution in [1.29, 1.82) is 0 Å². The van der Waals surface area contributed by atoms with E-state index in [4.69, 9.17) is 20.8 Å². The van der Waals surface area contributed by atoms with Crippen LogP contribution in [0.3, 0.4) is 0 Å². The highest BCUT2D eigenvalue weighted by Crippen LogP contribution is 2.26. The molecule has 0 atom stereocenters. The molecule has 3 aromatic carbocycles. The Morgan fingerprint density at radius 3 is 2.46 bits per heavy atom. The summed E-state index contributed by atoms with van der Waals surface area (Å²) in [4.78, 5) is 25.0. The summed E-state index contributed by atoms with van der Waals surface area (Å²) < 4.78 is 11.3. The smallest absolute Gasteiger partial charge is 0.343 e. The number of halogens is 1. The maximum Gasteiger partial charge on any atom is 0.343 e. The van der Waals surface area contributed by atoms with E-state index in [1.54, 1.807) is 48.5 Å². The predicted molar refractivity (Wildman–Crippen MR) is 109 cm³/mol. The molecule has 28 heavy (non-hydrogen) atoms. The van der Waals surface area contributed by atoms with E-state index in [-0.39, 0.29) is 11.2 Å². The van der Waals surface area contributed by atoms with Crippen LogP contribution in [-0.4, -0.2) is 5.97 Å². The van der Waals surface area contributed by atoms with Crippen LogP contribution >= 0.6 is 11.6 Å². The lowest BCUT2D eigenvalue weighted by Gasteiger charge is -2.08. The molecule has 4 rings (SSSR count). The van der Waals surface area contributed by atoms with E-state index < -0.39 is 5.97 Å². The molecule has 4 aromatic rings. The highest BCUT2D eigenvalue weighted by Gasteiger charge is 2.13. The summed E-state index contributed by atoms with van der Waals surface area (Å²) >= 11 is 5.90. The van der Waals surface area contributed by atoms with Crippen LogP contribution in [0.4, 0.5) is 0 Å².